The first-order valence-corrected chi connectivity index (χ1v) is 7.15. The average Bonchev–Trinajstić information content (AvgIpc) is 2.99. The minimum Gasteiger partial charge on any atom is -0.454 e. The van der Waals surface area contributed by atoms with Crippen LogP contribution in [0.5, 0.6) is 0 Å². The predicted octanol–water partition coefficient (Wildman–Crippen LogP) is 5.77. The van der Waals surface area contributed by atoms with Crippen LogP contribution in [0.3, 0.4) is 0 Å². The van der Waals surface area contributed by atoms with Crippen molar-refractivity contribution in [3.8, 4) is 11.1 Å². The van der Waals surface area contributed by atoms with Crippen LogP contribution in [-0.4, -0.2) is 4.98 Å². The Labute approximate surface area is 135 Å². The van der Waals surface area contributed by atoms with E-state index in [1.165, 1.54) is 6.92 Å². The van der Waals surface area contributed by atoms with Gasteiger partial charge in [0.15, 0.2) is 5.58 Å². The van der Waals surface area contributed by atoms with Gasteiger partial charge in [-0.1, -0.05) is 56.2 Å². The number of fused-ring (bicyclic) bond motifs is 3. The maximum atomic E-state index is 8.33. The van der Waals surface area contributed by atoms with Gasteiger partial charge in [0.1, 0.15) is 5.58 Å². The third-order valence-electron chi connectivity index (χ3n) is 3.91. The van der Waals surface area contributed by atoms with Crippen LogP contribution in [0.1, 0.15) is 30.7 Å². The fourth-order valence-corrected chi connectivity index (χ4v) is 2.80. The molecule has 2 aromatic heterocycles. The number of rotatable bonds is 2. The minimum absolute atomic E-state index is 0.449. The summed E-state index contributed by atoms with van der Waals surface area (Å²) in [5, 5.41) is 1.97. The van der Waals surface area contributed by atoms with Crippen LogP contribution in [0.2, 0.25) is 0 Å². The Hall–Kier alpha value is -2.61. The van der Waals surface area contributed by atoms with E-state index >= 15 is 0 Å². The third-order valence-corrected chi connectivity index (χ3v) is 3.91. The molecule has 2 heteroatoms. The summed E-state index contributed by atoms with van der Waals surface area (Å²) in [7, 11) is 0. The highest BCUT2D eigenvalue weighted by Gasteiger charge is 2.12. The zero-order valence-corrected chi connectivity index (χ0v) is 12.1. The second-order valence-electron chi connectivity index (χ2n) is 5.36. The molecule has 0 aliphatic heterocycles. The SMILES string of the molecule is [2H]C([2H])([2H])C([2H])(C)c1cccc(-c2cccc3c2oc2cnccc23)c1. The van der Waals surface area contributed by atoms with E-state index in [2.05, 4.69) is 4.98 Å². The van der Waals surface area contributed by atoms with Gasteiger partial charge in [0, 0.05) is 28.0 Å². The lowest BCUT2D eigenvalue weighted by Gasteiger charge is -2.08. The molecule has 0 spiro atoms. The number of aromatic nitrogens is 1. The quantitative estimate of drug-likeness (QED) is 0.468. The van der Waals surface area contributed by atoms with Gasteiger partial charge in [-0.15, -0.1) is 0 Å². The van der Waals surface area contributed by atoms with E-state index in [4.69, 9.17) is 9.90 Å². The molecular weight excluding hydrogens is 270 g/mol. The molecule has 2 aromatic carbocycles. The highest BCUT2D eigenvalue weighted by molar-refractivity contribution is 6.09. The second kappa shape index (κ2) is 4.99. The summed E-state index contributed by atoms with van der Waals surface area (Å²) in [6, 6.07) is 14.9. The van der Waals surface area contributed by atoms with Crippen molar-refractivity contribution in [2.45, 2.75) is 19.7 Å². The van der Waals surface area contributed by atoms with Crippen molar-refractivity contribution in [2.24, 2.45) is 0 Å². The molecule has 0 saturated heterocycles. The Bertz CT molecular complexity index is 1110. The van der Waals surface area contributed by atoms with Gasteiger partial charge in [-0.25, -0.2) is 0 Å². The largest absolute Gasteiger partial charge is 0.454 e. The highest BCUT2D eigenvalue weighted by Crippen LogP contribution is 2.35. The van der Waals surface area contributed by atoms with Gasteiger partial charge in [-0.2, -0.15) is 0 Å². The Kier molecular flexibility index (Phi) is 2.13. The van der Waals surface area contributed by atoms with E-state index in [1.807, 2.05) is 30.3 Å². The number of pyridine rings is 1. The van der Waals surface area contributed by atoms with E-state index < -0.39 is 12.7 Å². The molecule has 2 heterocycles. The van der Waals surface area contributed by atoms with E-state index in [-0.39, 0.29) is 0 Å². The first kappa shape index (κ1) is 9.42. The molecule has 2 nitrogen and oxygen atoms in total. The lowest BCUT2D eigenvalue weighted by molar-refractivity contribution is 0.668. The van der Waals surface area contributed by atoms with E-state index in [9.17, 15) is 0 Å². The molecule has 108 valence electrons. The number of furan rings is 1. The predicted molar refractivity (Wildman–Crippen MR) is 91.0 cm³/mol. The van der Waals surface area contributed by atoms with Crippen LogP contribution in [0.15, 0.2) is 65.3 Å². The standard InChI is InChI=1S/C20H17NO/c1-13(2)14-5-3-6-15(11-14)16-7-4-8-18-17-9-10-21-12-19(17)22-20(16)18/h3-13H,1-2H3/i1D3,13D. The van der Waals surface area contributed by atoms with Crippen LogP contribution >= 0.6 is 0 Å². The van der Waals surface area contributed by atoms with Crippen molar-refractivity contribution in [1.82, 2.24) is 4.98 Å². The van der Waals surface area contributed by atoms with Gasteiger partial charge in [-0.05, 0) is 23.1 Å². The molecule has 0 amide bonds. The van der Waals surface area contributed by atoms with Crippen LogP contribution < -0.4 is 0 Å². The number of hydrogen-bond donors (Lipinski definition) is 0. The zero-order chi connectivity index (χ0) is 18.5. The molecule has 0 bridgehead atoms. The van der Waals surface area contributed by atoms with Gasteiger partial charge >= 0.3 is 0 Å². The smallest absolute Gasteiger partial charge is 0.153 e. The van der Waals surface area contributed by atoms with Crippen LogP contribution in [0.4, 0.5) is 0 Å². The Balaban J connectivity index is 1.93. The van der Waals surface area contributed by atoms with Crippen molar-refractivity contribution in [3.63, 3.8) is 0 Å². The first-order valence-electron chi connectivity index (χ1n) is 9.15. The third kappa shape index (κ3) is 2.00. The molecule has 1 unspecified atom stereocenters. The van der Waals surface area contributed by atoms with E-state index in [0.29, 0.717) is 11.1 Å². The normalized spacial score (nSPS) is 17.5. The summed E-state index contributed by atoms with van der Waals surface area (Å²) < 4.78 is 37.4. The Morgan fingerprint density at radius 1 is 1.14 bits per heavy atom. The maximum Gasteiger partial charge on any atom is 0.153 e. The Morgan fingerprint density at radius 2 is 2.05 bits per heavy atom. The van der Waals surface area contributed by atoms with Crippen molar-refractivity contribution in [2.75, 3.05) is 0 Å². The fourth-order valence-electron chi connectivity index (χ4n) is 2.80. The van der Waals surface area contributed by atoms with E-state index in [1.54, 1.807) is 30.6 Å². The minimum atomic E-state index is -2.41. The molecule has 0 N–H and O–H groups in total. The number of nitrogens with zero attached hydrogens (tertiary/aromatic N) is 1. The summed E-state index contributed by atoms with van der Waals surface area (Å²) in [4.78, 5) is 4.10. The molecule has 4 rings (SSSR count). The molecule has 0 fully saturated rings. The van der Waals surface area contributed by atoms with Crippen molar-refractivity contribution in [3.05, 3.63) is 66.5 Å². The lowest BCUT2D eigenvalue weighted by atomic mass is 9.96. The fraction of sp³-hybridized carbons (Fsp3) is 0.150. The summed E-state index contributed by atoms with van der Waals surface area (Å²) in [5.41, 5.74) is 3.57. The Morgan fingerprint density at radius 3 is 2.95 bits per heavy atom. The maximum absolute atomic E-state index is 8.33. The van der Waals surface area contributed by atoms with Gasteiger partial charge < -0.3 is 4.42 Å². The number of para-hydroxylation sites is 1. The van der Waals surface area contributed by atoms with Crippen molar-refractivity contribution in [1.29, 1.82) is 0 Å². The van der Waals surface area contributed by atoms with Crippen LogP contribution in [0, 0.1) is 0 Å². The molecule has 0 aliphatic rings. The topological polar surface area (TPSA) is 26.0 Å². The molecule has 0 aliphatic carbocycles. The summed E-state index contributed by atoms with van der Waals surface area (Å²) in [6.07, 6.45) is 3.41. The van der Waals surface area contributed by atoms with Gasteiger partial charge in [-0.3, -0.25) is 4.98 Å². The van der Waals surface area contributed by atoms with Gasteiger partial charge in [0.05, 0.1) is 6.20 Å². The zero-order valence-electron chi connectivity index (χ0n) is 16.1. The van der Waals surface area contributed by atoms with Crippen LogP contribution in [-0.2, 0) is 0 Å². The second-order valence-corrected chi connectivity index (χ2v) is 5.36. The summed E-state index contributed by atoms with van der Waals surface area (Å²) >= 11 is 0. The molecule has 0 saturated carbocycles. The monoisotopic (exact) mass is 291 g/mol. The number of benzene rings is 2. The van der Waals surface area contributed by atoms with Crippen molar-refractivity contribution >= 4 is 21.9 Å². The highest BCUT2D eigenvalue weighted by atomic mass is 16.3. The summed E-state index contributed by atoms with van der Waals surface area (Å²) in [6.45, 7) is -0.991. The molecule has 0 radical (unpaired) electrons. The molecule has 4 aromatic rings. The van der Waals surface area contributed by atoms with E-state index in [0.717, 1.165) is 27.5 Å². The van der Waals surface area contributed by atoms with Gasteiger partial charge in [0.2, 0.25) is 0 Å². The molecule has 1 atom stereocenters. The molecule has 22 heavy (non-hydrogen) atoms. The lowest BCUT2D eigenvalue weighted by Crippen LogP contribution is -1.88. The van der Waals surface area contributed by atoms with Gasteiger partial charge in [0.25, 0.3) is 0 Å². The average molecular weight is 291 g/mol. The first-order chi connectivity index (χ1) is 12.3. The van der Waals surface area contributed by atoms with Crippen molar-refractivity contribution < 1.29 is 9.90 Å². The van der Waals surface area contributed by atoms with Crippen LogP contribution in [0.25, 0.3) is 33.1 Å². The number of hydrogen-bond acceptors (Lipinski definition) is 2. The molecular formula is C20H17NO. The summed E-state index contributed by atoms with van der Waals surface area (Å²) in [5.74, 6) is -1.69.